The third-order valence-electron chi connectivity index (χ3n) is 5.05. The van der Waals surface area contributed by atoms with E-state index in [1.165, 1.54) is 12.8 Å². The van der Waals surface area contributed by atoms with Gasteiger partial charge in [-0.3, -0.25) is 0 Å². The molecule has 4 atom stereocenters. The SMILES string of the molecule is CCNC1CC(C)CC(C)C1CN1CCS(=O)(=O)CC1. The minimum absolute atomic E-state index is 0.344. The highest BCUT2D eigenvalue weighted by Crippen LogP contribution is 2.34. The molecular formula is C15H30N2O2S. The van der Waals surface area contributed by atoms with Crippen LogP contribution in [0.3, 0.4) is 0 Å². The summed E-state index contributed by atoms with van der Waals surface area (Å²) in [6, 6.07) is 0.595. The highest BCUT2D eigenvalue weighted by atomic mass is 32.2. The van der Waals surface area contributed by atoms with Crippen LogP contribution in [0, 0.1) is 17.8 Å². The first-order valence-corrected chi connectivity index (χ1v) is 9.89. The van der Waals surface area contributed by atoms with E-state index in [4.69, 9.17) is 0 Å². The number of hydrogen-bond acceptors (Lipinski definition) is 4. The van der Waals surface area contributed by atoms with Crippen LogP contribution >= 0.6 is 0 Å². The van der Waals surface area contributed by atoms with Gasteiger partial charge in [0, 0.05) is 25.7 Å². The lowest BCUT2D eigenvalue weighted by Gasteiger charge is -2.43. The van der Waals surface area contributed by atoms with Crippen LogP contribution in [0.15, 0.2) is 0 Å². The lowest BCUT2D eigenvalue weighted by molar-refractivity contribution is 0.105. The smallest absolute Gasteiger partial charge is 0.152 e. The molecule has 2 aliphatic rings. The van der Waals surface area contributed by atoms with Gasteiger partial charge in [0.05, 0.1) is 11.5 Å². The molecule has 1 N–H and O–H groups in total. The van der Waals surface area contributed by atoms with E-state index in [0.717, 1.165) is 38.0 Å². The van der Waals surface area contributed by atoms with Gasteiger partial charge in [0.2, 0.25) is 0 Å². The Bertz CT molecular complexity index is 396. The number of nitrogens with one attached hydrogen (secondary N) is 1. The lowest BCUT2D eigenvalue weighted by atomic mass is 9.72. The molecule has 1 heterocycles. The molecule has 0 radical (unpaired) electrons. The molecule has 0 bridgehead atoms. The molecule has 2 fully saturated rings. The second-order valence-corrected chi connectivity index (χ2v) is 9.14. The molecule has 20 heavy (non-hydrogen) atoms. The normalized spacial score (nSPS) is 38.8. The van der Waals surface area contributed by atoms with Crippen molar-refractivity contribution in [1.29, 1.82) is 0 Å². The van der Waals surface area contributed by atoms with Crippen LogP contribution in [-0.2, 0) is 9.84 Å². The van der Waals surface area contributed by atoms with Crippen molar-refractivity contribution in [2.75, 3.05) is 37.7 Å². The first-order valence-electron chi connectivity index (χ1n) is 8.07. The fourth-order valence-corrected chi connectivity index (χ4v) is 5.22. The molecule has 118 valence electrons. The molecule has 0 aromatic rings. The van der Waals surface area contributed by atoms with Crippen molar-refractivity contribution in [3.05, 3.63) is 0 Å². The first-order chi connectivity index (χ1) is 9.41. The summed E-state index contributed by atoms with van der Waals surface area (Å²) in [5, 5.41) is 3.66. The zero-order valence-corrected chi connectivity index (χ0v) is 14.0. The molecule has 1 saturated carbocycles. The maximum atomic E-state index is 11.5. The van der Waals surface area contributed by atoms with Gasteiger partial charge in [0.25, 0.3) is 0 Å². The van der Waals surface area contributed by atoms with E-state index in [2.05, 4.69) is 31.0 Å². The van der Waals surface area contributed by atoms with E-state index in [9.17, 15) is 8.42 Å². The molecule has 1 aliphatic heterocycles. The molecule has 0 amide bonds. The highest BCUT2D eigenvalue weighted by Gasteiger charge is 2.35. The Labute approximate surface area is 124 Å². The Morgan fingerprint density at radius 2 is 1.80 bits per heavy atom. The van der Waals surface area contributed by atoms with Crippen molar-refractivity contribution in [3.63, 3.8) is 0 Å². The zero-order chi connectivity index (χ0) is 14.8. The predicted octanol–water partition coefficient (Wildman–Crippen LogP) is 1.38. The summed E-state index contributed by atoms with van der Waals surface area (Å²) in [6.07, 6.45) is 2.56. The second-order valence-electron chi connectivity index (χ2n) is 6.83. The monoisotopic (exact) mass is 302 g/mol. The predicted molar refractivity (Wildman–Crippen MR) is 83.6 cm³/mol. The third-order valence-corrected chi connectivity index (χ3v) is 6.66. The zero-order valence-electron chi connectivity index (χ0n) is 13.1. The van der Waals surface area contributed by atoms with E-state index in [0.29, 0.717) is 23.5 Å². The summed E-state index contributed by atoms with van der Waals surface area (Å²) >= 11 is 0. The average Bonchev–Trinajstić information content (AvgIpc) is 2.35. The minimum Gasteiger partial charge on any atom is -0.314 e. The lowest BCUT2D eigenvalue weighted by Crippen LogP contribution is -2.51. The summed E-state index contributed by atoms with van der Waals surface area (Å²) in [5.41, 5.74) is 0. The van der Waals surface area contributed by atoms with Gasteiger partial charge in [-0.05, 0) is 37.1 Å². The Balaban J connectivity index is 1.95. The summed E-state index contributed by atoms with van der Waals surface area (Å²) in [4.78, 5) is 2.36. The van der Waals surface area contributed by atoms with Crippen molar-refractivity contribution >= 4 is 9.84 Å². The molecule has 0 aromatic carbocycles. The van der Waals surface area contributed by atoms with Crippen molar-refractivity contribution in [3.8, 4) is 0 Å². The van der Waals surface area contributed by atoms with Crippen molar-refractivity contribution in [2.24, 2.45) is 17.8 Å². The van der Waals surface area contributed by atoms with E-state index in [1.54, 1.807) is 0 Å². The number of rotatable bonds is 4. The van der Waals surface area contributed by atoms with Gasteiger partial charge in [-0.1, -0.05) is 20.8 Å². The molecular weight excluding hydrogens is 272 g/mol. The number of nitrogens with zero attached hydrogens (tertiary/aromatic N) is 1. The highest BCUT2D eigenvalue weighted by molar-refractivity contribution is 7.91. The maximum Gasteiger partial charge on any atom is 0.152 e. The van der Waals surface area contributed by atoms with Gasteiger partial charge >= 0.3 is 0 Å². The second kappa shape index (κ2) is 6.75. The molecule has 2 rings (SSSR count). The summed E-state index contributed by atoms with van der Waals surface area (Å²) in [5.74, 6) is 2.87. The minimum atomic E-state index is -2.76. The van der Waals surface area contributed by atoms with Gasteiger partial charge in [-0.2, -0.15) is 0 Å². The van der Waals surface area contributed by atoms with Crippen LogP contribution in [0.25, 0.3) is 0 Å². The Morgan fingerprint density at radius 1 is 1.15 bits per heavy atom. The van der Waals surface area contributed by atoms with Gasteiger partial charge in [-0.15, -0.1) is 0 Å². The average molecular weight is 302 g/mol. The molecule has 1 saturated heterocycles. The Kier molecular flexibility index (Phi) is 5.49. The quantitative estimate of drug-likeness (QED) is 0.852. The Hall–Kier alpha value is -0.130. The molecule has 0 aromatic heterocycles. The van der Waals surface area contributed by atoms with Crippen molar-refractivity contribution in [2.45, 2.75) is 39.7 Å². The largest absolute Gasteiger partial charge is 0.314 e. The molecule has 5 heteroatoms. The third kappa shape index (κ3) is 4.18. The molecule has 4 nitrogen and oxygen atoms in total. The van der Waals surface area contributed by atoms with Crippen LogP contribution in [0.1, 0.15) is 33.6 Å². The van der Waals surface area contributed by atoms with E-state index in [1.807, 2.05) is 0 Å². The fourth-order valence-electron chi connectivity index (χ4n) is 3.95. The van der Waals surface area contributed by atoms with Crippen LogP contribution in [0.4, 0.5) is 0 Å². The van der Waals surface area contributed by atoms with Gasteiger partial charge < -0.3 is 10.2 Å². The first kappa shape index (κ1) is 16.2. The maximum absolute atomic E-state index is 11.5. The summed E-state index contributed by atoms with van der Waals surface area (Å²) in [7, 11) is -2.76. The standard InChI is InChI=1S/C15H30N2O2S/c1-4-16-15-10-12(2)9-13(3)14(15)11-17-5-7-20(18,19)8-6-17/h12-16H,4-11H2,1-3H3. The molecule has 1 aliphatic carbocycles. The van der Waals surface area contributed by atoms with E-state index in [-0.39, 0.29) is 0 Å². The fraction of sp³-hybridized carbons (Fsp3) is 1.00. The van der Waals surface area contributed by atoms with E-state index < -0.39 is 9.84 Å². The van der Waals surface area contributed by atoms with Gasteiger partial charge in [0.15, 0.2) is 9.84 Å². The number of sulfone groups is 1. The van der Waals surface area contributed by atoms with Crippen LogP contribution < -0.4 is 5.32 Å². The van der Waals surface area contributed by atoms with Crippen LogP contribution in [0.2, 0.25) is 0 Å². The summed E-state index contributed by atoms with van der Waals surface area (Å²) < 4.78 is 23.0. The van der Waals surface area contributed by atoms with Crippen LogP contribution in [-0.4, -0.2) is 57.0 Å². The van der Waals surface area contributed by atoms with Gasteiger partial charge in [0.1, 0.15) is 0 Å². The van der Waals surface area contributed by atoms with E-state index >= 15 is 0 Å². The molecule has 0 spiro atoms. The number of hydrogen-bond donors (Lipinski definition) is 1. The molecule has 4 unspecified atom stereocenters. The van der Waals surface area contributed by atoms with Crippen molar-refractivity contribution < 1.29 is 8.42 Å². The Morgan fingerprint density at radius 3 is 2.40 bits per heavy atom. The van der Waals surface area contributed by atoms with Crippen molar-refractivity contribution in [1.82, 2.24) is 10.2 Å². The van der Waals surface area contributed by atoms with Crippen LogP contribution in [0.5, 0.6) is 0 Å². The summed E-state index contributed by atoms with van der Waals surface area (Å²) in [6.45, 7) is 10.4. The van der Waals surface area contributed by atoms with Gasteiger partial charge in [-0.25, -0.2) is 8.42 Å². The topological polar surface area (TPSA) is 49.4 Å².